The summed E-state index contributed by atoms with van der Waals surface area (Å²) in [5, 5.41) is 19.0. The molecule has 1 atom stereocenters. The largest absolute Gasteiger partial charge is 0.481 e. The van der Waals surface area contributed by atoms with Gasteiger partial charge in [0, 0.05) is 10.9 Å². The van der Waals surface area contributed by atoms with Crippen LogP contribution in [0.3, 0.4) is 0 Å². The number of hydrogen-bond donors (Lipinski definition) is 2. The Morgan fingerprint density at radius 3 is 2.15 bits per heavy atom. The predicted molar refractivity (Wildman–Crippen MR) is 105 cm³/mol. The molecule has 5 nitrogen and oxygen atoms in total. The molecule has 0 spiro atoms. The van der Waals surface area contributed by atoms with E-state index in [-0.39, 0.29) is 11.8 Å². The number of fused-ring (bicyclic) bond motifs is 3. The average Bonchev–Trinajstić information content (AvgIpc) is 3.09. The lowest BCUT2D eigenvalue weighted by Gasteiger charge is -2.33. The molecule has 4 rings (SSSR count). The molecule has 0 fully saturated rings. The molecule has 1 heterocycles. The van der Waals surface area contributed by atoms with E-state index in [9.17, 15) is 0 Å². The maximum atomic E-state index is 8.51. The summed E-state index contributed by atoms with van der Waals surface area (Å²) in [7, 11) is 2.83. The van der Waals surface area contributed by atoms with Gasteiger partial charge < -0.3 is 14.2 Å². The van der Waals surface area contributed by atoms with E-state index >= 15 is 0 Å². The Labute approximate surface area is 157 Å². The van der Waals surface area contributed by atoms with Crippen LogP contribution in [0.2, 0.25) is 0 Å². The van der Waals surface area contributed by atoms with Crippen molar-refractivity contribution in [3.63, 3.8) is 0 Å². The number of benzene rings is 3. The van der Waals surface area contributed by atoms with Crippen molar-refractivity contribution in [2.24, 2.45) is 0 Å². The van der Waals surface area contributed by atoms with Crippen LogP contribution in [0.5, 0.6) is 5.75 Å². The minimum absolute atomic E-state index is 0.163. The Kier molecular flexibility index (Phi) is 4.07. The summed E-state index contributed by atoms with van der Waals surface area (Å²) >= 11 is 0. The minimum Gasteiger partial charge on any atom is -0.481 e. The first kappa shape index (κ1) is 17.1. The Bertz CT molecular complexity index is 1010. The lowest BCUT2D eigenvalue weighted by molar-refractivity contribution is 0.156. The van der Waals surface area contributed by atoms with E-state index in [4.69, 9.17) is 25.0 Å². The van der Waals surface area contributed by atoms with Gasteiger partial charge in [0.15, 0.2) is 0 Å². The first-order valence-corrected chi connectivity index (χ1v) is 8.65. The second kappa shape index (κ2) is 6.43. The zero-order valence-corrected chi connectivity index (χ0v) is 15.2. The molecule has 0 radical (unpaired) electrons. The van der Waals surface area contributed by atoms with E-state index in [0.29, 0.717) is 5.75 Å². The Balaban J connectivity index is 2.05. The standard InChI is InChI=1S/C22H20N2O3/c1-25-20(23)22(21(24)26-2)18(15-9-4-3-5-10-15)17-13-12-14-8-6-7-11-16(14)19(17)27-22/h3-13,18,23-24H,1-2H3/t18-,22?/m1/s1. The molecule has 3 aromatic carbocycles. The first-order chi connectivity index (χ1) is 13.1. The van der Waals surface area contributed by atoms with Gasteiger partial charge in [-0.3, -0.25) is 10.8 Å². The van der Waals surface area contributed by atoms with Gasteiger partial charge in [-0.15, -0.1) is 0 Å². The van der Waals surface area contributed by atoms with Gasteiger partial charge in [-0.2, -0.15) is 0 Å². The topological polar surface area (TPSA) is 75.4 Å². The molecular weight excluding hydrogens is 340 g/mol. The minimum atomic E-state index is -1.49. The van der Waals surface area contributed by atoms with Crippen LogP contribution in [0.4, 0.5) is 0 Å². The van der Waals surface area contributed by atoms with Crippen molar-refractivity contribution in [2.75, 3.05) is 14.2 Å². The third-order valence-corrected chi connectivity index (χ3v) is 5.11. The molecule has 27 heavy (non-hydrogen) atoms. The highest BCUT2D eigenvalue weighted by molar-refractivity contribution is 6.10. The van der Waals surface area contributed by atoms with Crippen LogP contribution < -0.4 is 4.74 Å². The van der Waals surface area contributed by atoms with Crippen molar-refractivity contribution in [1.29, 1.82) is 10.8 Å². The second-order valence-electron chi connectivity index (χ2n) is 6.45. The maximum Gasteiger partial charge on any atom is 0.268 e. The van der Waals surface area contributed by atoms with E-state index in [1.807, 2.05) is 66.7 Å². The predicted octanol–water partition coefficient (Wildman–Crippen LogP) is 4.35. The third-order valence-electron chi connectivity index (χ3n) is 5.11. The molecule has 0 saturated heterocycles. The van der Waals surface area contributed by atoms with E-state index in [0.717, 1.165) is 21.9 Å². The number of rotatable bonds is 3. The molecular formula is C22H20N2O3. The molecule has 0 saturated carbocycles. The lowest BCUT2D eigenvalue weighted by atomic mass is 9.78. The highest BCUT2D eigenvalue weighted by Gasteiger charge is 2.59. The van der Waals surface area contributed by atoms with Gasteiger partial charge in [-0.05, 0) is 10.9 Å². The molecule has 0 aromatic heterocycles. The van der Waals surface area contributed by atoms with Gasteiger partial charge in [0.05, 0.1) is 20.1 Å². The molecule has 2 N–H and O–H groups in total. The molecule has 1 aliphatic heterocycles. The number of nitrogens with one attached hydrogen (secondary N) is 2. The van der Waals surface area contributed by atoms with Crippen LogP contribution in [-0.2, 0) is 9.47 Å². The van der Waals surface area contributed by atoms with Gasteiger partial charge in [-0.1, -0.05) is 66.7 Å². The fourth-order valence-corrected chi connectivity index (χ4v) is 3.86. The lowest BCUT2D eigenvalue weighted by Crippen LogP contribution is -2.54. The highest BCUT2D eigenvalue weighted by Crippen LogP contribution is 2.52. The fourth-order valence-electron chi connectivity index (χ4n) is 3.86. The molecule has 3 aromatic rings. The van der Waals surface area contributed by atoms with Crippen LogP contribution in [-0.4, -0.2) is 31.6 Å². The zero-order valence-electron chi connectivity index (χ0n) is 15.2. The molecule has 0 aliphatic carbocycles. The summed E-state index contributed by atoms with van der Waals surface area (Å²) in [6, 6.07) is 21.7. The van der Waals surface area contributed by atoms with Crippen molar-refractivity contribution < 1.29 is 14.2 Å². The summed E-state index contributed by atoms with van der Waals surface area (Å²) in [5.41, 5.74) is 0.343. The summed E-state index contributed by atoms with van der Waals surface area (Å²) in [6.07, 6.45) is 0. The van der Waals surface area contributed by atoms with E-state index in [2.05, 4.69) is 0 Å². The molecule has 1 aliphatic rings. The SMILES string of the molecule is COC(=N)C1(C(=N)OC)Oc2c(ccc3ccccc23)[C@H]1c1ccccc1. The number of hydrogen-bond acceptors (Lipinski definition) is 5. The van der Waals surface area contributed by atoms with Crippen LogP contribution in [0.1, 0.15) is 17.0 Å². The van der Waals surface area contributed by atoms with Crippen molar-refractivity contribution in [1.82, 2.24) is 0 Å². The smallest absolute Gasteiger partial charge is 0.268 e. The quantitative estimate of drug-likeness (QED) is 0.538. The van der Waals surface area contributed by atoms with Crippen LogP contribution >= 0.6 is 0 Å². The molecule has 5 heteroatoms. The Morgan fingerprint density at radius 1 is 0.852 bits per heavy atom. The van der Waals surface area contributed by atoms with Gasteiger partial charge in [-0.25, -0.2) is 0 Å². The van der Waals surface area contributed by atoms with Crippen molar-refractivity contribution in [3.8, 4) is 5.75 Å². The number of methoxy groups -OCH3 is 2. The van der Waals surface area contributed by atoms with Gasteiger partial charge in [0.2, 0.25) is 11.8 Å². The molecule has 0 bridgehead atoms. The number of ether oxygens (including phenoxy) is 3. The van der Waals surface area contributed by atoms with E-state index in [1.165, 1.54) is 14.2 Å². The maximum absolute atomic E-state index is 8.51. The summed E-state index contributed by atoms with van der Waals surface area (Å²) in [5.74, 6) is -0.101. The van der Waals surface area contributed by atoms with Gasteiger partial charge in [0.25, 0.3) is 5.60 Å². The molecule has 136 valence electrons. The zero-order chi connectivity index (χ0) is 19.0. The average molecular weight is 360 g/mol. The van der Waals surface area contributed by atoms with Crippen LogP contribution in [0.15, 0.2) is 66.7 Å². The normalized spacial score (nSPS) is 20.6. The van der Waals surface area contributed by atoms with Crippen LogP contribution in [0, 0.1) is 10.8 Å². The van der Waals surface area contributed by atoms with Crippen LogP contribution in [0.25, 0.3) is 10.8 Å². The molecule has 0 amide bonds. The fraction of sp³-hybridized carbons (Fsp3) is 0.182. The summed E-state index contributed by atoms with van der Waals surface area (Å²) in [6.45, 7) is 0. The van der Waals surface area contributed by atoms with E-state index < -0.39 is 11.5 Å². The third kappa shape index (κ3) is 2.39. The summed E-state index contributed by atoms with van der Waals surface area (Å²) < 4.78 is 17.0. The Morgan fingerprint density at radius 2 is 1.48 bits per heavy atom. The highest BCUT2D eigenvalue weighted by atomic mass is 16.6. The van der Waals surface area contributed by atoms with Crippen molar-refractivity contribution in [3.05, 3.63) is 77.9 Å². The van der Waals surface area contributed by atoms with Crippen molar-refractivity contribution >= 4 is 22.6 Å². The Hall–Kier alpha value is -3.34. The van der Waals surface area contributed by atoms with E-state index in [1.54, 1.807) is 0 Å². The first-order valence-electron chi connectivity index (χ1n) is 8.65. The van der Waals surface area contributed by atoms with Gasteiger partial charge in [0.1, 0.15) is 5.75 Å². The second-order valence-corrected chi connectivity index (χ2v) is 6.45. The molecule has 0 unspecified atom stereocenters. The van der Waals surface area contributed by atoms with Gasteiger partial charge >= 0.3 is 0 Å². The van der Waals surface area contributed by atoms with Crippen molar-refractivity contribution in [2.45, 2.75) is 11.5 Å². The monoisotopic (exact) mass is 360 g/mol. The summed E-state index contributed by atoms with van der Waals surface area (Å²) in [4.78, 5) is 0.